The first-order valence-corrected chi connectivity index (χ1v) is 14.5. The number of nitrogen functional groups attached to an aromatic ring is 1. The summed E-state index contributed by atoms with van der Waals surface area (Å²) in [5.74, 6) is -0.644. The number of ether oxygens (including phenoxy) is 2. The first-order valence-electron chi connectivity index (χ1n) is 13.0. The van der Waals surface area contributed by atoms with Gasteiger partial charge in [-0.2, -0.15) is 0 Å². The molecule has 40 heavy (non-hydrogen) atoms. The number of nitrogens with one attached hydrogen (secondary N) is 2. The SMILES string of the molecule is CC(=O)OCCCCCOC(=O)c1cc(Br)c(N)c(CNC(C)C)c1.Clc1cccc(Cl)c1Nc1ccccc1. The number of hydrogen-bond donors (Lipinski definition) is 3. The molecule has 0 aliphatic heterocycles. The van der Waals surface area contributed by atoms with Gasteiger partial charge in [-0.1, -0.05) is 61.3 Å². The van der Waals surface area contributed by atoms with Gasteiger partial charge in [-0.25, -0.2) is 4.79 Å². The van der Waals surface area contributed by atoms with E-state index in [4.69, 9.17) is 38.4 Å². The Bertz CT molecular complexity index is 1220. The van der Waals surface area contributed by atoms with Gasteiger partial charge in [-0.05, 0) is 77.2 Å². The topological polar surface area (TPSA) is 103 Å². The third-order valence-corrected chi connectivity index (χ3v) is 6.77. The van der Waals surface area contributed by atoms with E-state index in [-0.39, 0.29) is 11.9 Å². The fourth-order valence-corrected chi connectivity index (χ4v) is 4.37. The number of para-hydroxylation sites is 2. The van der Waals surface area contributed by atoms with Crippen LogP contribution >= 0.6 is 39.1 Å². The van der Waals surface area contributed by atoms with Crippen LogP contribution in [0, 0.1) is 0 Å². The van der Waals surface area contributed by atoms with Crippen molar-refractivity contribution >= 4 is 68.1 Å². The van der Waals surface area contributed by atoms with Crippen LogP contribution in [0.5, 0.6) is 0 Å². The lowest BCUT2D eigenvalue weighted by Crippen LogP contribution is -2.22. The molecule has 3 aromatic carbocycles. The quantitative estimate of drug-likeness (QED) is 0.103. The molecule has 216 valence electrons. The average molecular weight is 653 g/mol. The number of rotatable bonds is 12. The maximum atomic E-state index is 12.2. The molecule has 0 radical (unpaired) electrons. The van der Waals surface area contributed by atoms with Crippen LogP contribution in [0.15, 0.2) is 65.1 Å². The van der Waals surface area contributed by atoms with Crippen LogP contribution in [0.1, 0.15) is 56.0 Å². The fraction of sp³-hybridized carbons (Fsp3) is 0.333. The first-order chi connectivity index (χ1) is 19.1. The van der Waals surface area contributed by atoms with Crippen LogP contribution in [0.4, 0.5) is 17.1 Å². The minimum Gasteiger partial charge on any atom is -0.466 e. The normalized spacial score (nSPS) is 10.5. The van der Waals surface area contributed by atoms with Crippen molar-refractivity contribution < 1.29 is 19.1 Å². The lowest BCUT2D eigenvalue weighted by atomic mass is 10.1. The number of nitrogens with two attached hydrogens (primary N) is 1. The summed E-state index contributed by atoms with van der Waals surface area (Å²) in [6.07, 6.45) is 2.32. The van der Waals surface area contributed by atoms with Crippen molar-refractivity contribution in [2.24, 2.45) is 0 Å². The number of benzene rings is 3. The Morgan fingerprint density at radius 3 is 2.15 bits per heavy atom. The van der Waals surface area contributed by atoms with Crippen molar-refractivity contribution in [2.75, 3.05) is 24.3 Å². The number of halogens is 3. The van der Waals surface area contributed by atoms with Crippen LogP contribution in [0.2, 0.25) is 10.0 Å². The molecule has 0 aromatic heterocycles. The molecule has 0 amide bonds. The maximum absolute atomic E-state index is 12.2. The lowest BCUT2D eigenvalue weighted by molar-refractivity contribution is -0.141. The van der Waals surface area contributed by atoms with E-state index >= 15 is 0 Å². The molecular formula is C30H36BrCl2N3O4. The summed E-state index contributed by atoms with van der Waals surface area (Å²) in [4.78, 5) is 22.8. The highest BCUT2D eigenvalue weighted by Crippen LogP contribution is 2.32. The van der Waals surface area contributed by atoms with E-state index in [0.29, 0.717) is 51.6 Å². The van der Waals surface area contributed by atoms with E-state index in [1.54, 1.807) is 24.3 Å². The van der Waals surface area contributed by atoms with E-state index in [9.17, 15) is 9.59 Å². The molecule has 0 aliphatic rings. The summed E-state index contributed by atoms with van der Waals surface area (Å²) < 4.78 is 10.8. The van der Waals surface area contributed by atoms with Crippen molar-refractivity contribution in [3.8, 4) is 0 Å². The van der Waals surface area contributed by atoms with E-state index in [2.05, 4.69) is 26.6 Å². The highest BCUT2D eigenvalue weighted by atomic mass is 79.9. The standard InChI is InChI=1S/C18H27BrN2O4.C12H9Cl2N/c1-12(2)21-11-15-9-14(10-16(19)17(15)20)18(23)25-8-6-4-5-7-24-13(3)22;13-10-7-4-8-11(14)12(10)15-9-5-2-1-3-6-9/h9-10,12,21H,4-8,11,20H2,1-3H3;1-8,15H. The molecule has 0 heterocycles. The lowest BCUT2D eigenvalue weighted by Gasteiger charge is -2.13. The third-order valence-electron chi connectivity index (χ3n) is 5.48. The molecule has 4 N–H and O–H groups in total. The Kier molecular flexibility index (Phi) is 14.9. The Labute approximate surface area is 254 Å². The molecule has 3 aromatic rings. The van der Waals surface area contributed by atoms with Gasteiger partial charge in [0, 0.05) is 29.7 Å². The van der Waals surface area contributed by atoms with Gasteiger partial charge < -0.3 is 25.8 Å². The summed E-state index contributed by atoms with van der Waals surface area (Å²) in [5.41, 5.74) is 9.71. The van der Waals surface area contributed by atoms with Crippen LogP contribution in [0.3, 0.4) is 0 Å². The molecule has 0 unspecified atom stereocenters. The smallest absolute Gasteiger partial charge is 0.338 e. The average Bonchev–Trinajstić information content (AvgIpc) is 2.91. The van der Waals surface area contributed by atoms with Gasteiger partial charge in [0.15, 0.2) is 0 Å². The summed E-state index contributed by atoms with van der Waals surface area (Å²) in [7, 11) is 0. The molecule has 0 atom stereocenters. The molecule has 10 heteroatoms. The van der Waals surface area contributed by atoms with Crippen molar-refractivity contribution in [3.05, 3.63) is 86.3 Å². The highest BCUT2D eigenvalue weighted by molar-refractivity contribution is 9.10. The van der Waals surface area contributed by atoms with Gasteiger partial charge in [-0.15, -0.1) is 0 Å². The van der Waals surface area contributed by atoms with Crippen LogP contribution < -0.4 is 16.4 Å². The van der Waals surface area contributed by atoms with Gasteiger partial charge in [0.2, 0.25) is 0 Å². The third kappa shape index (κ3) is 12.2. The number of carbonyl (C=O) groups excluding carboxylic acids is 2. The van der Waals surface area contributed by atoms with Gasteiger partial charge in [-0.3, -0.25) is 4.79 Å². The highest BCUT2D eigenvalue weighted by Gasteiger charge is 2.13. The zero-order chi connectivity index (χ0) is 29.5. The molecule has 0 aliphatic carbocycles. The Hall–Kier alpha value is -2.78. The molecule has 7 nitrogen and oxygen atoms in total. The number of hydrogen-bond acceptors (Lipinski definition) is 7. The summed E-state index contributed by atoms with van der Waals surface area (Å²) in [5, 5.41) is 7.70. The molecular weight excluding hydrogens is 617 g/mol. The Morgan fingerprint density at radius 1 is 0.925 bits per heavy atom. The number of carbonyl (C=O) groups is 2. The van der Waals surface area contributed by atoms with Crippen LogP contribution in [-0.4, -0.2) is 31.2 Å². The predicted octanol–water partition coefficient (Wildman–Crippen LogP) is 8.16. The van der Waals surface area contributed by atoms with Gasteiger partial charge in [0.05, 0.1) is 40.2 Å². The second-order valence-electron chi connectivity index (χ2n) is 9.19. The number of anilines is 3. The first kappa shape index (κ1) is 33.4. The summed E-state index contributed by atoms with van der Waals surface area (Å²) in [6.45, 7) is 6.80. The van der Waals surface area contributed by atoms with E-state index in [1.165, 1.54) is 6.92 Å². The van der Waals surface area contributed by atoms with Gasteiger partial charge in [0.1, 0.15) is 0 Å². The van der Waals surface area contributed by atoms with Crippen molar-refractivity contribution in [3.63, 3.8) is 0 Å². The predicted molar refractivity (Wildman–Crippen MR) is 167 cm³/mol. The molecule has 0 bridgehead atoms. The molecule has 0 spiro atoms. The maximum Gasteiger partial charge on any atom is 0.338 e. The zero-order valence-corrected chi connectivity index (χ0v) is 26.0. The molecule has 3 rings (SSSR count). The second-order valence-corrected chi connectivity index (χ2v) is 10.9. The van der Waals surface area contributed by atoms with E-state index < -0.39 is 0 Å². The monoisotopic (exact) mass is 651 g/mol. The minimum atomic E-state index is -0.369. The molecule has 0 saturated carbocycles. The van der Waals surface area contributed by atoms with Gasteiger partial charge >= 0.3 is 11.9 Å². The fourth-order valence-electron chi connectivity index (χ4n) is 3.38. The van der Waals surface area contributed by atoms with Crippen molar-refractivity contribution in [1.82, 2.24) is 5.32 Å². The van der Waals surface area contributed by atoms with E-state index in [1.807, 2.05) is 50.2 Å². The van der Waals surface area contributed by atoms with Crippen molar-refractivity contribution in [2.45, 2.75) is 52.6 Å². The van der Waals surface area contributed by atoms with E-state index in [0.717, 1.165) is 36.2 Å². The number of esters is 2. The zero-order valence-electron chi connectivity index (χ0n) is 22.9. The van der Waals surface area contributed by atoms with Gasteiger partial charge in [0.25, 0.3) is 0 Å². The van der Waals surface area contributed by atoms with Crippen molar-refractivity contribution in [1.29, 1.82) is 0 Å². The molecule has 0 saturated heterocycles. The van der Waals surface area contributed by atoms with Crippen LogP contribution in [0.25, 0.3) is 0 Å². The van der Waals surface area contributed by atoms with Crippen LogP contribution in [-0.2, 0) is 20.8 Å². The number of unbranched alkanes of at least 4 members (excludes halogenated alkanes) is 2. The summed E-state index contributed by atoms with van der Waals surface area (Å²) in [6, 6.07) is 19.0. The minimum absolute atomic E-state index is 0.275. The Morgan fingerprint density at radius 2 is 1.55 bits per heavy atom. The largest absolute Gasteiger partial charge is 0.466 e. The molecule has 0 fully saturated rings. The Balaban J connectivity index is 0.000000315. The second kappa shape index (κ2) is 17.8. The summed E-state index contributed by atoms with van der Waals surface area (Å²) >= 11 is 15.5.